The van der Waals surface area contributed by atoms with Crippen molar-refractivity contribution in [1.82, 2.24) is 0 Å². The number of ether oxygens (including phenoxy) is 1. The van der Waals surface area contributed by atoms with Crippen LogP contribution >= 0.6 is 15.9 Å². The molecular formula is C16H13BrFNO. The first kappa shape index (κ1) is 14.5. The molecule has 0 unspecified atom stereocenters. The van der Waals surface area contributed by atoms with E-state index in [2.05, 4.69) is 15.9 Å². The fraction of sp³-hybridized carbons (Fsp3) is 0.188. The minimum Gasteiger partial charge on any atom is -0.489 e. The molecule has 2 rings (SSSR count). The molecular weight excluding hydrogens is 321 g/mol. The SMILES string of the molecule is Cc1ccc(OCc2cc(F)ccc2C#N)c(CBr)c1. The van der Waals surface area contributed by atoms with E-state index in [1.165, 1.54) is 18.2 Å². The summed E-state index contributed by atoms with van der Waals surface area (Å²) in [6.45, 7) is 2.18. The lowest BCUT2D eigenvalue weighted by atomic mass is 10.1. The summed E-state index contributed by atoms with van der Waals surface area (Å²) in [6.07, 6.45) is 0. The lowest BCUT2D eigenvalue weighted by molar-refractivity contribution is 0.303. The molecule has 0 N–H and O–H groups in total. The van der Waals surface area contributed by atoms with Gasteiger partial charge in [-0.1, -0.05) is 33.6 Å². The highest BCUT2D eigenvalue weighted by Gasteiger charge is 2.07. The number of hydrogen-bond acceptors (Lipinski definition) is 2. The fourth-order valence-corrected chi connectivity index (χ4v) is 2.34. The predicted octanol–water partition coefficient (Wildman–Crippen LogP) is 4.48. The van der Waals surface area contributed by atoms with Crippen LogP contribution in [-0.4, -0.2) is 0 Å². The Labute approximate surface area is 125 Å². The summed E-state index contributed by atoms with van der Waals surface area (Å²) in [5.41, 5.74) is 3.16. The van der Waals surface area contributed by atoms with Crippen LogP contribution in [0.3, 0.4) is 0 Å². The number of rotatable bonds is 4. The fourth-order valence-electron chi connectivity index (χ4n) is 1.90. The Bertz CT molecular complexity index is 664. The summed E-state index contributed by atoms with van der Waals surface area (Å²) < 4.78 is 19.0. The van der Waals surface area contributed by atoms with E-state index in [1.807, 2.05) is 31.2 Å². The third-order valence-corrected chi connectivity index (χ3v) is 3.53. The molecule has 4 heteroatoms. The zero-order valence-corrected chi connectivity index (χ0v) is 12.6. The second-order valence-corrected chi connectivity index (χ2v) is 5.01. The molecule has 0 spiro atoms. The van der Waals surface area contributed by atoms with Gasteiger partial charge in [-0.25, -0.2) is 4.39 Å². The molecule has 0 bridgehead atoms. The van der Waals surface area contributed by atoms with Gasteiger partial charge in [0.25, 0.3) is 0 Å². The molecule has 2 nitrogen and oxygen atoms in total. The van der Waals surface area contributed by atoms with Crippen LogP contribution in [0.1, 0.15) is 22.3 Å². The first-order chi connectivity index (χ1) is 9.63. The van der Waals surface area contributed by atoms with Gasteiger partial charge in [-0.15, -0.1) is 0 Å². The molecule has 0 amide bonds. The highest BCUT2D eigenvalue weighted by atomic mass is 79.9. The van der Waals surface area contributed by atoms with Crippen LogP contribution in [0.2, 0.25) is 0 Å². The van der Waals surface area contributed by atoms with E-state index in [1.54, 1.807) is 0 Å². The van der Waals surface area contributed by atoms with E-state index in [9.17, 15) is 4.39 Å². The van der Waals surface area contributed by atoms with Crippen molar-refractivity contribution in [2.24, 2.45) is 0 Å². The second-order valence-electron chi connectivity index (χ2n) is 4.45. The van der Waals surface area contributed by atoms with Gasteiger partial charge in [-0.05, 0) is 31.2 Å². The van der Waals surface area contributed by atoms with Gasteiger partial charge >= 0.3 is 0 Å². The number of nitriles is 1. The lowest BCUT2D eigenvalue weighted by Crippen LogP contribution is -2.01. The largest absolute Gasteiger partial charge is 0.489 e. The number of halogens is 2. The van der Waals surface area contributed by atoms with Gasteiger partial charge in [0.1, 0.15) is 18.2 Å². The van der Waals surface area contributed by atoms with Crippen LogP contribution in [0.4, 0.5) is 4.39 Å². The molecule has 0 heterocycles. The van der Waals surface area contributed by atoms with Crippen molar-refractivity contribution in [1.29, 1.82) is 5.26 Å². The molecule has 0 atom stereocenters. The lowest BCUT2D eigenvalue weighted by Gasteiger charge is -2.11. The first-order valence-electron chi connectivity index (χ1n) is 6.11. The number of hydrogen-bond donors (Lipinski definition) is 0. The Kier molecular flexibility index (Phi) is 4.75. The van der Waals surface area contributed by atoms with Gasteiger partial charge in [0.05, 0.1) is 11.6 Å². The van der Waals surface area contributed by atoms with Gasteiger partial charge in [-0.2, -0.15) is 5.26 Å². The van der Waals surface area contributed by atoms with Crippen LogP contribution in [0.5, 0.6) is 5.75 Å². The van der Waals surface area contributed by atoms with E-state index >= 15 is 0 Å². The van der Waals surface area contributed by atoms with E-state index in [-0.39, 0.29) is 12.4 Å². The number of aryl methyl sites for hydroxylation is 1. The van der Waals surface area contributed by atoms with Crippen molar-refractivity contribution in [2.45, 2.75) is 18.9 Å². The van der Waals surface area contributed by atoms with E-state index in [0.29, 0.717) is 16.5 Å². The average molecular weight is 334 g/mol. The molecule has 0 aromatic heterocycles. The quantitative estimate of drug-likeness (QED) is 0.773. The van der Waals surface area contributed by atoms with Gasteiger partial charge in [0, 0.05) is 16.5 Å². The normalized spacial score (nSPS) is 10.1. The van der Waals surface area contributed by atoms with E-state index < -0.39 is 0 Å². The molecule has 0 aliphatic rings. The van der Waals surface area contributed by atoms with Crippen LogP contribution < -0.4 is 4.74 Å². The van der Waals surface area contributed by atoms with Gasteiger partial charge in [0.2, 0.25) is 0 Å². The third-order valence-electron chi connectivity index (χ3n) is 2.93. The summed E-state index contributed by atoms with van der Waals surface area (Å²) in [5, 5.41) is 9.69. The Morgan fingerprint density at radius 3 is 2.70 bits per heavy atom. The van der Waals surface area contributed by atoms with Gasteiger partial charge in [0.15, 0.2) is 0 Å². The third kappa shape index (κ3) is 3.37. The van der Waals surface area contributed by atoms with E-state index in [4.69, 9.17) is 10.00 Å². The molecule has 0 saturated heterocycles. The zero-order chi connectivity index (χ0) is 14.5. The van der Waals surface area contributed by atoms with Crippen molar-refractivity contribution in [3.8, 4) is 11.8 Å². The molecule has 0 aliphatic heterocycles. The standard InChI is InChI=1S/C16H13BrFNO/c1-11-2-5-16(13(6-11)8-17)20-10-14-7-15(18)4-3-12(14)9-19/h2-7H,8,10H2,1H3. The highest BCUT2D eigenvalue weighted by Crippen LogP contribution is 2.24. The highest BCUT2D eigenvalue weighted by molar-refractivity contribution is 9.08. The molecule has 0 fully saturated rings. The van der Waals surface area contributed by atoms with Crippen LogP contribution in [0.25, 0.3) is 0 Å². The maximum atomic E-state index is 13.2. The van der Waals surface area contributed by atoms with Crippen molar-refractivity contribution in [2.75, 3.05) is 0 Å². The van der Waals surface area contributed by atoms with Crippen molar-refractivity contribution < 1.29 is 9.13 Å². The maximum Gasteiger partial charge on any atom is 0.123 e. The van der Waals surface area contributed by atoms with Gasteiger partial charge in [-0.3, -0.25) is 0 Å². The molecule has 0 radical (unpaired) electrons. The van der Waals surface area contributed by atoms with Crippen molar-refractivity contribution in [3.63, 3.8) is 0 Å². The molecule has 0 saturated carbocycles. The Morgan fingerprint density at radius 2 is 2.00 bits per heavy atom. The van der Waals surface area contributed by atoms with Crippen LogP contribution in [0, 0.1) is 24.1 Å². The topological polar surface area (TPSA) is 33.0 Å². The molecule has 0 aliphatic carbocycles. The van der Waals surface area contributed by atoms with E-state index in [0.717, 1.165) is 16.9 Å². The van der Waals surface area contributed by atoms with Crippen molar-refractivity contribution >= 4 is 15.9 Å². The van der Waals surface area contributed by atoms with Gasteiger partial charge < -0.3 is 4.74 Å². The average Bonchev–Trinajstić information content (AvgIpc) is 2.46. The number of alkyl halides is 1. The minimum absolute atomic E-state index is 0.170. The zero-order valence-electron chi connectivity index (χ0n) is 11.0. The minimum atomic E-state index is -0.368. The van der Waals surface area contributed by atoms with Crippen LogP contribution in [-0.2, 0) is 11.9 Å². The summed E-state index contributed by atoms with van der Waals surface area (Å²) in [4.78, 5) is 0. The molecule has 2 aromatic carbocycles. The Balaban J connectivity index is 2.21. The summed E-state index contributed by atoms with van der Waals surface area (Å²) in [6, 6.07) is 12.0. The molecule has 2 aromatic rings. The maximum absolute atomic E-state index is 13.2. The summed E-state index contributed by atoms with van der Waals surface area (Å²) in [5.74, 6) is 0.368. The molecule has 102 valence electrons. The summed E-state index contributed by atoms with van der Waals surface area (Å²) in [7, 11) is 0. The first-order valence-corrected chi connectivity index (χ1v) is 7.23. The smallest absolute Gasteiger partial charge is 0.123 e. The summed E-state index contributed by atoms with van der Waals surface area (Å²) >= 11 is 3.42. The monoisotopic (exact) mass is 333 g/mol. The second kappa shape index (κ2) is 6.53. The number of nitrogens with zero attached hydrogens (tertiary/aromatic N) is 1. The molecule has 20 heavy (non-hydrogen) atoms. The number of benzene rings is 2. The van der Waals surface area contributed by atoms with Crippen molar-refractivity contribution in [3.05, 3.63) is 64.5 Å². The Hall–Kier alpha value is -1.86. The van der Waals surface area contributed by atoms with Crippen LogP contribution in [0.15, 0.2) is 36.4 Å². The Morgan fingerprint density at radius 1 is 1.20 bits per heavy atom. The predicted molar refractivity (Wildman–Crippen MR) is 79.3 cm³/mol.